The van der Waals surface area contributed by atoms with Crippen LogP contribution in [-0.4, -0.2) is 23.5 Å². The van der Waals surface area contributed by atoms with Crippen LogP contribution in [0.4, 0.5) is 5.82 Å². The van der Waals surface area contributed by atoms with Crippen LogP contribution in [0.3, 0.4) is 0 Å². The van der Waals surface area contributed by atoms with Gasteiger partial charge in [0.2, 0.25) is 5.91 Å². The number of anilines is 1. The van der Waals surface area contributed by atoms with E-state index in [2.05, 4.69) is 11.1 Å². The molecule has 0 bridgehead atoms. The summed E-state index contributed by atoms with van der Waals surface area (Å²) in [6.45, 7) is 0.722. The third kappa shape index (κ3) is 1.70. The molecule has 2 heterocycles. The number of amides is 1. The average molecular weight is 216 g/mol. The van der Waals surface area contributed by atoms with Crippen molar-refractivity contribution in [3.63, 3.8) is 0 Å². The molecular formula is C11H12N4O. The van der Waals surface area contributed by atoms with E-state index in [0.29, 0.717) is 11.4 Å². The van der Waals surface area contributed by atoms with Crippen LogP contribution >= 0.6 is 0 Å². The van der Waals surface area contributed by atoms with E-state index >= 15 is 0 Å². The average Bonchev–Trinajstić information content (AvgIpc) is 2.77. The third-order valence-corrected chi connectivity index (χ3v) is 2.76. The number of hydrogen-bond donors (Lipinski definition) is 1. The molecule has 0 spiro atoms. The molecule has 2 N–H and O–H groups in total. The first kappa shape index (κ1) is 10.4. The van der Waals surface area contributed by atoms with Crippen molar-refractivity contribution in [1.82, 2.24) is 4.98 Å². The topological polar surface area (TPSA) is 83.0 Å². The number of carbonyl (C=O) groups is 1. The van der Waals surface area contributed by atoms with E-state index in [1.807, 2.05) is 4.90 Å². The van der Waals surface area contributed by atoms with Crippen LogP contribution in [0.25, 0.3) is 0 Å². The van der Waals surface area contributed by atoms with Gasteiger partial charge in [0, 0.05) is 12.7 Å². The lowest BCUT2D eigenvalue weighted by molar-refractivity contribution is -0.119. The highest BCUT2D eigenvalue weighted by Crippen LogP contribution is 2.25. The summed E-state index contributed by atoms with van der Waals surface area (Å²) in [5, 5.41) is 8.97. The molecule has 0 aliphatic carbocycles. The molecule has 2 rings (SSSR count). The van der Waals surface area contributed by atoms with Crippen LogP contribution in [0.1, 0.15) is 18.4 Å². The van der Waals surface area contributed by atoms with Crippen LogP contribution in [0.2, 0.25) is 0 Å². The lowest BCUT2D eigenvalue weighted by Gasteiger charge is -2.23. The highest BCUT2D eigenvalue weighted by atomic mass is 16.1. The molecule has 1 aromatic heterocycles. The van der Waals surface area contributed by atoms with E-state index in [4.69, 9.17) is 11.0 Å². The molecule has 1 aliphatic rings. The first-order chi connectivity index (χ1) is 7.74. The molecule has 82 valence electrons. The van der Waals surface area contributed by atoms with E-state index in [0.717, 1.165) is 19.4 Å². The van der Waals surface area contributed by atoms with Crippen molar-refractivity contribution < 1.29 is 4.79 Å². The lowest BCUT2D eigenvalue weighted by atomic mass is 10.2. The number of nitrogens with zero attached hydrogens (tertiary/aromatic N) is 3. The van der Waals surface area contributed by atoms with Gasteiger partial charge in [-0.15, -0.1) is 0 Å². The van der Waals surface area contributed by atoms with Gasteiger partial charge >= 0.3 is 0 Å². The van der Waals surface area contributed by atoms with Gasteiger partial charge in [-0.25, -0.2) is 4.98 Å². The molecule has 1 unspecified atom stereocenters. The fourth-order valence-electron chi connectivity index (χ4n) is 2.03. The molecular weight excluding hydrogens is 204 g/mol. The summed E-state index contributed by atoms with van der Waals surface area (Å²) in [7, 11) is 0. The Kier molecular flexibility index (Phi) is 2.73. The van der Waals surface area contributed by atoms with E-state index in [9.17, 15) is 4.79 Å². The van der Waals surface area contributed by atoms with E-state index in [1.165, 1.54) is 0 Å². The molecule has 16 heavy (non-hydrogen) atoms. The van der Waals surface area contributed by atoms with Crippen molar-refractivity contribution in [3.8, 4) is 6.07 Å². The number of hydrogen-bond acceptors (Lipinski definition) is 4. The Bertz CT molecular complexity index is 452. The normalized spacial score (nSPS) is 19.4. The summed E-state index contributed by atoms with van der Waals surface area (Å²) in [6.07, 6.45) is 3.25. The number of nitrogens with two attached hydrogens (primary N) is 1. The van der Waals surface area contributed by atoms with E-state index in [1.54, 1.807) is 18.3 Å². The van der Waals surface area contributed by atoms with Crippen molar-refractivity contribution in [2.24, 2.45) is 5.73 Å². The Morgan fingerprint density at radius 1 is 1.69 bits per heavy atom. The van der Waals surface area contributed by atoms with Gasteiger partial charge in [-0.1, -0.05) is 0 Å². The Morgan fingerprint density at radius 2 is 2.50 bits per heavy atom. The minimum absolute atomic E-state index is 0.331. The molecule has 5 heteroatoms. The second-order valence-electron chi connectivity index (χ2n) is 3.74. The molecule has 1 aliphatic heterocycles. The van der Waals surface area contributed by atoms with Gasteiger partial charge in [-0.2, -0.15) is 5.26 Å². The van der Waals surface area contributed by atoms with Crippen LogP contribution in [-0.2, 0) is 4.79 Å². The van der Waals surface area contributed by atoms with Gasteiger partial charge in [-0.3, -0.25) is 4.79 Å². The molecule has 0 aromatic carbocycles. The lowest BCUT2D eigenvalue weighted by Crippen LogP contribution is -2.41. The molecule has 1 amide bonds. The Balaban J connectivity index is 2.37. The van der Waals surface area contributed by atoms with Crippen LogP contribution in [0.15, 0.2) is 18.3 Å². The number of aromatic nitrogens is 1. The zero-order valence-electron chi connectivity index (χ0n) is 8.76. The summed E-state index contributed by atoms with van der Waals surface area (Å²) in [6, 6.07) is 5.14. The molecule has 5 nitrogen and oxygen atoms in total. The van der Waals surface area contributed by atoms with E-state index in [-0.39, 0.29) is 11.9 Å². The first-order valence-electron chi connectivity index (χ1n) is 5.15. The second kappa shape index (κ2) is 4.19. The van der Waals surface area contributed by atoms with Gasteiger partial charge in [-0.05, 0) is 25.0 Å². The monoisotopic (exact) mass is 216 g/mol. The molecule has 0 saturated carbocycles. The smallest absolute Gasteiger partial charge is 0.240 e. The number of carbonyl (C=O) groups excluding carboxylic acids is 1. The summed E-state index contributed by atoms with van der Waals surface area (Å²) >= 11 is 0. The second-order valence-corrected chi connectivity index (χ2v) is 3.74. The van der Waals surface area contributed by atoms with Crippen LogP contribution in [0, 0.1) is 11.3 Å². The van der Waals surface area contributed by atoms with Crippen molar-refractivity contribution in [3.05, 3.63) is 23.9 Å². The molecule has 1 fully saturated rings. The summed E-state index contributed by atoms with van der Waals surface area (Å²) in [4.78, 5) is 17.2. The highest BCUT2D eigenvalue weighted by molar-refractivity contribution is 5.84. The maximum Gasteiger partial charge on any atom is 0.240 e. The highest BCUT2D eigenvalue weighted by Gasteiger charge is 2.31. The minimum Gasteiger partial charge on any atom is -0.368 e. The fraction of sp³-hybridized carbons (Fsp3) is 0.364. The third-order valence-electron chi connectivity index (χ3n) is 2.76. The quantitative estimate of drug-likeness (QED) is 0.776. The summed E-state index contributed by atoms with van der Waals surface area (Å²) in [5.41, 5.74) is 5.81. The maximum atomic E-state index is 11.3. The summed E-state index contributed by atoms with van der Waals surface area (Å²) < 4.78 is 0. The van der Waals surface area contributed by atoms with Gasteiger partial charge in [0.1, 0.15) is 17.9 Å². The van der Waals surface area contributed by atoms with Gasteiger partial charge in [0.05, 0.1) is 5.56 Å². The molecule has 1 atom stereocenters. The van der Waals surface area contributed by atoms with Crippen molar-refractivity contribution in [2.75, 3.05) is 11.4 Å². The standard InChI is InChI=1S/C11H12N4O/c12-7-8-3-1-5-14-11(8)15-6-2-4-9(15)10(13)16/h1,3,5,9H,2,4,6H2,(H2,13,16). The van der Waals surface area contributed by atoms with E-state index < -0.39 is 0 Å². The van der Waals surface area contributed by atoms with Crippen molar-refractivity contribution >= 4 is 11.7 Å². The maximum absolute atomic E-state index is 11.3. The predicted octanol–water partition coefficient (Wildman–Crippen LogP) is 0.407. The zero-order chi connectivity index (χ0) is 11.5. The minimum atomic E-state index is -0.355. The number of pyridine rings is 1. The van der Waals surface area contributed by atoms with Crippen molar-refractivity contribution in [2.45, 2.75) is 18.9 Å². The fourth-order valence-corrected chi connectivity index (χ4v) is 2.03. The SMILES string of the molecule is N#Cc1cccnc1N1CCCC1C(N)=O. The Labute approximate surface area is 93.5 Å². The Hall–Kier alpha value is -2.09. The van der Waals surface area contributed by atoms with Crippen molar-refractivity contribution in [1.29, 1.82) is 5.26 Å². The Morgan fingerprint density at radius 3 is 3.19 bits per heavy atom. The molecule has 1 aromatic rings. The first-order valence-corrected chi connectivity index (χ1v) is 5.15. The molecule has 1 saturated heterocycles. The van der Waals surface area contributed by atoms with Gasteiger partial charge in [0.25, 0.3) is 0 Å². The van der Waals surface area contributed by atoms with Gasteiger partial charge in [0.15, 0.2) is 0 Å². The number of nitriles is 1. The summed E-state index contributed by atoms with van der Waals surface area (Å²) in [5.74, 6) is 0.207. The molecule has 0 radical (unpaired) electrons. The number of rotatable bonds is 2. The zero-order valence-corrected chi connectivity index (χ0v) is 8.76. The number of primary amides is 1. The predicted molar refractivity (Wildman–Crippen MR) is 58.5 cm³/mol. The van der Waals surface area contributed by atoms with Crippen LogP contribution < -0.4 is 10.6 Å². The largest absolute Gasteiger partial charge is 0.368 e. The van der Waals surface area contributed by atoms with Crippen LogP contribution in [0.5, 0.6) is 0 Å². The van der Waals surface area contributed by atoms with Gasteiger partial charge < -0.3 is 10.6 Å².